The molecule has 0 saturated carbocycles. The van der Waals surface area contributed by atoms with Crippen LogP contribution in [-0.2, 0) is 12.8 Å². The molecule has 0 spiro atoms. The molecule has 0 amide bonds. The Morgan fingerprint density at radius 1 is 1.41 bits per heavy atom. The van der Waals surface area contributed by atoms with Gasteiger partial charge < -0.3 is 5.73 Å². The normalized spacial score (nSPS) is 10.8. The number of hydrogen-bond acceptors (Lipinski definition) is 3. The first kappa shape index (κ1) is 12.5. The fraction of sp³-hybridized carbons (Fsp3) is 0.250. The first-order chi connectivity index (χ1) is 8.06. The highest BCUT2D eigenvalue weighted by atomic mass is 79.9. The lowest BCUT2D eigenvalue weighted by molar-refractivity contribution is 0.727. The number of anilines is 1. The molecule has 1 heterocycles. The number of nitrogen functional groups attached to an aromatic ring is 1. The molecule has 0 radical (unpaired) electrons. The summed E-state index contributed by atoms with van der Waals surface area (Å²) in [4.78, 5) is 1.10. The summed E-state index contributed by atoms with van der Waals surface area (Å²) in [6.45, 7) is 2.00. The molecule has 3 nitrogen and oxygen atoms in total. The Hall–Kier alpha value is -0.940. The maximum atomic E-state index is 5.93. The standard InChI is InChI=1S/C12H14BrN3S/c1-8-5-10(16(2)15-8)7-17-12-6-9(13)3-4-11(12)14/h3-6H,7,14H2,1-2H3. The first-order valence-corrected chi connectivity index (χ1v) is 7.01. The Morgan fingerprint density at radius 3 is 2.82 bits per heavy atom. The van der Waals surface area contributed by atoms with Crippen LogP contribution in [-0.4, -0.2) is 9.78 Å². The van der Waals surface area contributed by atoms with Crippen LogP contribution in [0.3, 0.4) is 0 Å². The van der Waals surface area contributed by atoms with Crippen LogP contribution < -0.4 is 5.73 Å². The monoisotopic (exact) mass is 311 g/mol. The second-order valence-electron chi connectivity index (χ2n) is 3.87. The number of nitrogens with zero attached hydrogens (tertiary/aromatic N) is 2. The van der Waals surface area contributed by atoms with Gasteiger partial charge in [-0.15, -0.1) is 11.8 Å². The van der Waals surface area contributed by atoms with Crippen LogP contribution >= 0.6 is 27.7 Å². The zero-order valence-electron chi connectivity index (χ0n) is 9.77. The van der Waals surface area contributed by atoms with Gasteiger partial charge >= 0.3 is 0 Å². The van der Waals surface area contributed by atoms with Crippen molar-refractivity contribution in [3.05, 3.63) is 40.1 Å². The van der Waals surface area contributed by atoms with E-state index in [0.717, 1.165) is 26.5 Å². The van der Waals surface area contributed by atoms with Gasteiger partial charge in [0.2, 0.25) is 0 Å². The molecule has 0 aliphatic carbocycles. The smallest absolute Gasteiger partial charge is 0.0596 e. The average molecular weight is 312 g/mol. The summed E-state index contributed by atoms with van der Waals surface area (Å²) < 4.78 is 2.96. The summed E-state index contributed by atoms with van der Waals surface area (Å²) in [5.41, 5.74) is 9.00. The van der Waals surface area contributed by atoms with E-state index in [2.05, 4.69) is 27.1 Å². The quantitative estimate of drug-likeness (QED) is 0.698. The van der Waals surface area contributed by atoms with E-state index in [4.69, 9.17) is 5.73 Å². The zero-order valence-corrected chi connectivity index (χ0v) is 12.2. The lowest BCUT2D eigenvalue weighted by Crippen LogP contribution is -1.96. The highest BCUT2D eigenvalue weighted by molar-refractivity contribution is 9.10. The van der Waals surface area contributed by atoms with Gasteiger partial charge in [-0.05, 0) is 31.2 Å². The Bertz CT molecular complexity index is 537. The van der Waals surface area contributed by atoms with Crippen molar-refractivity contribution in [2.24, 2.45) is 7.05 Å². The van der Waals surface area contributed by atoms with Crippen molar-refractivity contribution in [2.75, 3.05) is 5.73 Å². The van der Waals surface area contributed by atoms with E-state index in [1.807, 2.05) is 36.9 Å². The van der Waals surface area contributed by atoms with Gasteiger partial charge in [-0.1, -0.05) is 15.9 Å². The molecule has 0 aliphatic heterocycles. The van der Waals surface area contributed by atoms with Crippen LogP contribution in [0.1, 0.15) is 11.4 Å². The second-order valence-corrected chi connectivity index (χ2v) is 5.80. The fourth-order valence-corrected chi connectivity index (χ4v) is 3.12. The van der Waals surface area contributed by atoms with Gasteiger partial charge in [0.15, 0.2) is 0 Å². The number of nitrogens with two attached hydrogens (primary N) is 1. The molecular weight excluding hydrogens is 298 g/mol. The average Bonchev–Trinajstić information content (AvgIpc) is 2.59. The van der Waals surface area contributed by atoms with Gasteiger partial charge in [0.25, 0.3) is 0 Å². The minimum Gasteiger partial charge on any atom is -0.398 e. The molecule has 0 unspecified atom stereocenters. The molecule has 0 saturated heterocycles. The maximum Gasteiger partial charge on any atom is 0.0596 e. The van der Waals surface area contributed by atoms with Gasteiger partial charge in [0.1, 0.15) is 0 Å². The lowest BCUT2D eigenvalue weighted by atomic mass is 10.3. The number of benzene rings is 1. The van der Waals surface area contributed by atoms with Crippen molar-refractivity contribution in [1.82, 2.24) is 9.78 Å². The predicted octanol–water partition coefficient (Wildman–Crippen LogP) is 3.37. The van der Waals surface area contributed by atoms with Crippen molar-refractivity contribution in [3.8, 4) is 0 Å². The third kappa shape index (κ3) is 3.04. The summed E-state index contributed by atoms with van der Waals surface area (Å²) >= 11 is 5.18. The Kier molecular flexibility index (Phi) is 3.79. The van der Waals surface area contributed by atoms with E-state index in [1.165, 1.54) is 5.69 Å². The van der Waals surface area contributed by atoms with Crippen LogP contribution in [0.2, 0.25) is 0 Å². The topological polar surface area (TPSA) is 43.8 Å². The van der Waals surface area contributed by atoms with Crippen LogP contribution in [0.15, 0.2) is 33.6 Å². The zero-order chi connectivity index (χ0) is 12.4. The van der Waals surface area contributed by atoms with Gasteiger partial charge in [-0.25, -0.2) is 0 Å². The number of aryl methyl sites for hydroxylation is 2. The van der Waals surface area contributed by atoms with Crippen LogP contribution in [0, 0.1) is 6.92 Å². The van der Waals surface area contributed by atoms with Gasteiger partial charge in [0.05, 0.1) is 5.69 Å². The SMILES string of the molecule is Cc1cc(CSc2cc(Br)ccc2N)n(C)n1. The second kappa shape index (κ2) is 5.14. The summed E-state index contributed by atoms with van der Waals surface area (Å²) in [6.07, 6.45) is 0. The molecule has 0 aliphatic rings. The summed E-state index contributed by atoms with van der Waals surface area (Å²) in [5, 5.41) is 4.33. The van der Waals surface area contributed by atoms with E-state index >= 15 is 0 Å². The summed E-state index contributed by atoms with van der Waals surface area (Å²) in [7, 11) is 1.97. The molecule has 0 fully saturated rings. The number of rotatable bonds is 3. The third-order valence-electron chi connectivity index (χ3n) is 2.45. The number of thioether (sulfide) groups is 1. The molecule has 5 heteroatoms. The molecule has 2 N–H and O–H groups in total. The molecule has 0 bridgehead atoms. The molecule has 17 heavy (non-hydrogen) atoms. The minimum atomic E-state index is 0.817. The fourth-order valence-electron chi connectivity index (χ4n) is 1.58. The largest absolute Gasteiger partial charge is 0.398 e. The van der Waals surface area contributed by atoms with Crippen LogP contribution in [0.25, 0.3) is 0 Å². The van der Waals surface area contributed by atoms with Crippen LogP contribution in [0.5, 0.6) is 0 Å². The highest BCUT2D eigenvalue weighted by Crippen LogP contribution is 2.30. The van der Waals surface area contributed by atoms with Crippen molar-refractivity contribution >= 4 is 33.4 Å². The molecule has 2 rings (SSSR count). The van der Waals surface area contributed by atoms with Gasteiger partial charge in [-0.2, -0.15) is 5.10 Å². The molecule has 2 aromatic rings. The highest BCUT2D eigenvalue weighted by Gasteiger charge is 2.05. The lowest BCUT2D eigenvalue weighted by Gasteiger charge is -2.06. The van der Waals surface area contributed by atoms with Crippen molar-refractivity contribution < 1.29 is 0 Å². The maximum absolute atomic E-state index is 5.93. The molecule has 0 atom stereocenters. The minimum absolute atomic E-state index is 0.817. The number of aromatic nitrogens is 2. The first-order valence-electron chi connectivity index (χ1n) is 5.23. The summed E-state index contributed by atoms with van der Waals surface area (Å²) in [5.74, 6) is 0.873. The predicted molar refractivity (Wildman–Crippen MR) is 76.1 cm³/mol. The van der Waals surface area contributed by atoms with Crippen molar-refractivity contribution in [2.45, 2.75) is 17.6 Å². The molecular formula is C12H14BrN3S. The Labute approximate surface area is 114 Å². The van der Waals surface area contributed by atoms with Crippen LogP contribution in [0.4, 0.5) is 5.69 Å². The van der Waals surface area contributed by atoms with Gasteiger partial charge in [-0.3, -0.25) is 4.68 Å². The van der Waals surface area contributed by atoms with E-state index in [0.29, 0.717) is 0 Å². The number of halogens is 1. The Balaban J connectivity index is 2.12. The summed E-state index contributed by atoms with van der Waals surface area (Å²) in [6, 6.07) is 8.01. The van der Waals surface area contributed by atoms with E-state index < -0.39 is 0 Å². The Morgan fingerprint density at radius 2 is 2.18 bits per heavy atom. The van der Waals surface area contributed by atoms with E-state index in [9.17, 15) is 0 Å². The van der Waals surface area contributed by atoms with E-state index in [-0.39, 0.29) is 0 Å². The molecule has 90 valence electrons. The number of hydrogen-bond donors (Lipinski definition) is 1. The van der Waals surface area contributed by atoms with E-state index in [1.54, 1.807) is 11.8 Å². The van der Waals surface area contributed by atoms with Crippen molar-refractivity contribution in [3.63, 3.8) is 0 Å². The van der Waals surface area contributed by atoms with Crippen molar-refractivity contribution in [1.29, 1.82) is 0 Å². The van der Waals surface area contributed by atoms with Gasteiger partial charge in [0, 0.05) is 33.6 Å². The molecule has 1 aromatic heterocycles. The molecule has 1 aromatic carbocycles. The third-order valence-corrected chi connectivity index (χ3v) is 4.05.